The first-order chi connectivity index (χ1) is 8.41. The van der Waals surface area contributed by atoms with E-state index in [0.717, 1.165) is 0 Å². The fourth-order valence-corrected chi connectivity index (χ4v) is 1.16. The predicted molar refractivity (Wildman–Crippen MR) is 48.1 cm³/mol. The van der Waals surface area contributed by atoms with Crippen molar-refractivity contribution >= 4 is 5.91 Å². The summed E-state index contributed by atoms with van der Waals surface area (Å²) in [7, 11) is 0. The van der Waals surface area contributed by atoms with Crippen molar-refractivity contribution in [3.05, 3.63) is 35.2 Å². The summed E-state index contributed by atoms with van der Waals surface area (Å²) in [5, 5.41) is 3.05. The average molecular weight is 261 g/mol. The highest BCUT2D eigenvalue weighted by molar-refractivity contribution is 5.89. The summed E-state index contributed by atoms with van der Waals surface area (Å²) in [6.45, 7) is 0. The number of carbonyl (C=O) groups is 1. The molecule has 0 spiro atoms. The van der Waals surface area contributed by atoms with Crippen molar-refractivity contribution in [2.75, 3.05) is 0 Å². The van der Waals surface area contributed by atoms with Crippen LogP contribution in [0.4, 0.5) is 17.6 Å². The largest absolute Gasteiger partial charge is 0.363 e. The van der Waals surface area contributed by atoms with E-state index in [-0.39, 0.29) is 0 Å². The van der Waals surface area contributed by atoms with Crippen LogP contribution in [0.3, 0.4) is 0 Å². The standard InChI is InChI=1S/C9H3F4N3O2/c10-3-1-2(4(11)6(13)5(3)12)9-15-8(7(14)17)16-18-9/h1H,(H2,14,17). The van der Waals surface area contributed by atoms with E-state index in [1.165, 1.54) is 0 Å². The molecule has 2 rings (SSSR count). The second-order valence-electron chi connectivity index (χ2n) is 3.14. The molecule has 94 valence electrons. The van der Waals surface area contributed by atoms with Gasteiger partial charge >= 0.3 is 0 Å². The molecule has 18 heavy (non-hydrogen) atoms. The molecule has 1 aromatic carbocycles. The summed E-state index contributed by atoms with van der Waals surface area (Å²) in [5.41, 5.74) is 3.99. The molecule has 0 saturated heterocycles. The quantitative estimate of drug-likeness (QED) is 0.503. The van der Waals surface area contributed by atoms with E-state index >= 15 is 0 Å². The minimum absolute atomic E-state index is 0.325. The second-order valence-corrected chi connectivity index (χ2v) is 3.14. The van der Waals surface area contributed by atoms with E-state index in [1.807, 2.05) is 0 Å². The van der Waals surface area contributed by atoms with Crippen LogP contribution in [0.25, 0.3) is 11.5 Å². The number of hydrogen-bond acceptors (Lipinski definition) is 4. The van der Waals surface area contributed by atoms with Crippen molar-refractivity contribution in [2.45, 2.75) is 0 Å². The molecule has 0 aliphatic rings. The van der Waals surface area contributed by atoms with Gasteiger partial charge in [0.1, 0.15) is 0 Å². The van der Waals surface area contributed by atoms with Crippen LogP contribution in [-0.2, 0) is 0 Å². The predicted octanol–water partition coefficient (Wildman–Crippen LogP) is 1.39. The maximum atomic E-state index is 13.3. The van der Waals surface area contributed by atoms with Crippen molar-refractivity contribution in [1.82, 2.24) is 10.1 Å². The van der Waals surface area contributed by atoms with Gasteiger partial charge in [0.15, 0.2) is 23.3 Å². The van der Waals surface area contributed by atoms with Gasteiger partial charge in [-0.15, -0.1) is 0 Å². The molecule has 0 saturated carbocycles. The summed E-state index contributed by atoms with van der Waals surface area (Å²) >= 11 is 0. The first-order valence-corrected chi connectivity index (χ1v) is 4.38. The number of benzene rings is 1. The Hall–Kier alpha value is -2.45. The highest BCUT2D eigenvalue weighted by Gasteiger charge is 2.24. The number of halogens is 4. The fourth-order valence-electron chi connectivity index (χ4n) is 1.16. The van der Waals surface area contributed by atoms with Crippen LogP contribution in [0, 0.1) is 23.3 Å². The highest BCUT2D eigenvalue weighted by atomic mass is 19.2. The number of carbonyl (C=O) groups excluding carboxylic acids is 1. The number of aromatic nitrogens is 2. The van der Waals surface area contributed by atoms with Crippen LogP contribution in [0.15, 0.2) is 10.6 Å². The van der Waals surface area contributed by atoms with Crippen LogP contribution in [0.1, 0.15) is 10.6 Å². The molecule has 9 heteroatoms. The Morgan fingerprint density at radius 3 is 2.39 bits per heavy atom. The molecular weight excluding hydrogens is 258 g/mol. The lowest BCUT2D eigenvalue weighted by Crippen LogP contribution is -2.12. The van der Waals surface area contributed by atoms with Gasteiger partial charge in [-0.05, 0) is 6.07 Å². The third-order valence-corrected chi connectivity index (χ3v) is 1.98. The van der Waals surface area contributed by atoms with Gasteiger partial charge in [0.2, 0.25) is 0 Å². The molecule has 2 N–H and O–H groups in total. The third kappa shape index (κ3) is 1.79. The highest BCUT2D eigenvalue weighted by Crippen LogP contribution is 2.26. The average Bonchev–Trinajstić information content (AvgIpc) is 2.80. The number of nitrogens with zero attached hydrogens (tertiary/aromatic N) is 2. The number of primary amides is 1. The first-order valence-electron chi connectivity index (χ1n) is 4.38. The van der Waals surface area contributed by atoms with Gasteiger partial charge in [0, 0.05) is 0 Å². The van der Waals surface area contributed by atoms with Crippen molar-refractivity contribution in [1.29, 1.82) is 0 Å². The van der Waals surface area contributed by atoms with E-state index in [4.69, 9.17) is 5.73 Å². The molecule has 5 nitrogen and oxygen atoms in total. The lowest BCUT2D eigenvalue weighted by Gasteiger charge is -2.01. The number of nitrogens with two attached hydrogens (primary N) is 1. The third-order valence-electron chi connectivity index (χ3n) is 1.98. The Balaban J connectivity index is 2.60. The van der Waals surface area contributed by atoms with E-state index < -0.39 is 46.5 Å². The second kappa shape index (κ2) is 4.09. The van der Waals surface area contributed by atoms with Gasteiger partial charge in [-0.25, -0.2) is 17.6 Å². The van der Waals surface area contributed by atoms with E-state index in [1.54, 1.807) is 0 Å². The van der Waals surface area contributed by atoms with Gasteiger partial charge in [-0.1, -0.05) is 5.16 Å². The fraction of sp³-hybridized carbons (Fsp3) is 0. The Bertz CT molecular complexity index is 641. The van der Waals surface area contributed by atoms with Gasteiger partial charge in [-0.2, -0.15) is 4.98 Å². The number of rotatable bonds is 2. The zero-order chi connectivity index (χ0) is 13.4. The molecule has 0 fully saturated rings. The molecule has 0 bridgehead atoms. The smallest absolute Gasteiger partial charge is 0.290 e. The lowest BCUT2D eigenvalue weighted by molar-refractivity contribution is 0.0987. The SMILES string of the molecule is NC(=O)c1noc(-c2cc(F)c(F)c(F)c2F)n1. The molecule has 0 unspecified atom stereocenters. The summed E-state index contributed by atoms with van der Waals surface area (Å²) in [6, 6.07) is 0.325. The Kier molecular flexibility index (Phi) is 2.73. The zero-order valence-electron chi connectivity index (χ0n) is 8.38. The monoisotopic (exact) mass is 261 g/mol. The molecule has 1 amide bonds. The molecule has 0 aliphatic heterocycles. The zero-order valence-corrected chi connectivity index (χ0v) is 8.38. The summed E-state index contributed by atoms with van der Waals surface area (Å²) in [6.07, 6.45) is 0. The Labute approximate surface area is 96.2 Å². The van der Waals surface area contributed by atoms with Crippen LogP contribution >= 0.6 is 0 Å². The van der Waals surface area contributed by atoms with Crippen LogP contribution in [0.2, 0.25) is 0 Å². The van der Waals surface area contributed by atoms with Crippen molar-refractivity contribution < 1.29 is 26.9 Å². The van der Waals surface area contributed by atoms with Gasteiger partial charge in [0.05, 0.1) is 5.56 Å². The van der Waals surface area contributed by atoms with Crippen molar-refractivity contribution in [2.24, 2.45) is 5.73 Å². The Morgan fingerprint density at radius 2 is 1.83 bits per heavy atom. The Morgan fingerprint density at radius 1 is 1.17 bits per heavy atom. The van der Waals surface area contributed by atoms with Crippen molar-refractivity contribution in [3.8, 4) is 11.5 Å². The van der Waals surface area contributed by atoms with Gasteiger partial charge in [-0.3, -0.25) is 4.79 Å². The lowest BCUT2D eigenvalue weighted by atomic mass is 10.2. The van der Waals surface area contributed by atoms with E-state index in [9.17, 15) is 22.4 Å². The maximum Gasteiger partial charge on any atom is 0.290 e. The topological polar surface area (TPSA) is 82.0 Å². The molecule has 0 aliphatic carbocycles. The summed E-state index contributed by atoms with van der Waals surface area (Å²) in [5.74, 6) is -9.71. The molecular formula is C9H3F4N3O2. The van der Waals surface area contributed by atoms with Crippen LogP contribution in [0.5, 0.6) is 0 Å². The molecule has 0 atom stereocenters. The summed E-state index contributed by atoms with van der Waals surface area (Å²) in [4.78, 5) is 14.0. The normalized spacial score (nSPS) is 10.7. The molecule has 0 radical (unpaired) electrons. The van der Waals surface area contributed by atoms with Crippen LogP contribution in [-0.4, -0.2) is 16.0 Å². The van der Waals surface area contributed by atoms with E-state index in [0.29, 0.717) is 6.07 Å². The van der Waals surface area contributed by atoms with Crippen LogP contribution < -0.4 is 5.73 Å². The minimum atomic E-state index is -2.02. The minimum Gasteiger partial charge on any atom is -0.363 e. The van der Waals surface area contributed by atoms with Gasteiger partial charge < -0.3 is 10.3 Å². The molecule has 2 aromatic rings. The number of amides is 1. The van der Waals surface area contributed by atoms with E-state index in [2.05, 4.69) is 14.7 Å². The maximum absolute atomic E-state index is 13.3. The summed E-state index contributed by atoms with van der Waals surface area (Å²) < 4.78 is 56.2. The first kappa shape index (κ1) is 12.0. The molecule has 1 heterocycles. The molecule has 1 aromatic heterocycles. The van der Waals surface area contributed by atoms with Crippen molar-refractivity contribution in [3.63, 3.8) is 0 Å². The number of hydrogen-bond donors (Lipinski definition) is 1. The van der Waals surface area contributed by atoms with Gasteiger partial charge in [0.25, 0.3) is 17.6 Å².